The summed E-state index contributed by atoms with van der Waals surface area (Å²) in [4.78, 5) is 24.2. The highest BCUT2D eigenvalue weighted by molar-refractivity contribution is 7.92. The summed E-state index contributed by atoms with van der Waals surface area (Å²) in [5, 5.41) is 2.03. The summed E-state index contributed by atoms with van der Waals surface area (Å²) >= 11 is 0. The van der Waals surface area contributed by atoms with Gasteiger partial charge in [0.2, 0.25) is 15.9 Å². The van der Waals surface area contributed by atoms with Crippen LogP contribution in [0.3, 0.4) is 0 Å². The van der Waals surface area contributed by atoms with Crippen molar-refractivity contribution in [3.05, 3.63) is 23.8 Å². The maximum absolute atomic E-state index is 11.5. The molecule has 0 saturated carbocycles. The van der Waals surface area contributed by atoms with E-state index >= 15 is 0 Å². The van der Waals surface area contributed by atoms with Gasteiger partial charge in [-0.3, -0.25) is 14.8 Å². The minimum Gasteiger partial charge on any atom is -0.371 e. The van der Waals surface area contributed by atoms with Crippen molar-refractivity contribution in [2.75, 3.05) is 29.0 Å². The van der Waals surface area contributed by atoms with Gasteiger partial charge in [-0.2, -0.15) is 0 Å². The third-order valence-electron chi connectivity index (χ3n) is 3.51. The highest BCUT2D eigenvalue weighted by Crippen LogP contribution is 2.33. The Balaban J connectivity index is 2.14. The van der Waals surface area contributed by atoms with Crippen LogP contribution in [0.2, 0.25) is 0 Å². The molecule has 1 aliphatic rings. The normalized spacial score (nSPS) is 14.0. The zero-order chi connectivity index (χ0) is 17.0. The van der Waals surface area contributed by atoms with E-state index in [0.717, 1.165) is 36.9 Å². The van der Waals surface area contributed by atoms with E-state index < -0.39 is 22.0 Å². The Morgan fingerprint density at radius 3 is 2.74 bits per heavy atom. The van der Waals surface area contributed by atoms with Crippen LogP contribution < -0.4 is 20.7 Å². The molecule has 0 atom stereocenters. The topological polar surface area (TPSA) is 122 Å². The number of nitrogens with zero attached hydrogens (tertiary/aromatic N) is 1. The number of hydrogen-bond acceptors (Lipinski definition) is 5. The molecule has 0 radical (unpaired) electrons. The standard InChI is InChI=1S/C14H20N4O4S/c1-23(21,22)17-11-5-2-6-12-10(11)4-3-8-18(12)9-7-13(19)16-14(15)20/h2,5-6,17H,3-4,7-9H2,1H3,(H3,15,16,19,20). The van der Waals surface area contributed by atoms with Crippen LogP contribution in [0.5, 0.6) is 0 Å². The number of rotatable bonds is 5. The fourth-order valence-electron chi connectivity index (χ4n) is 2.66. The number of nitrogens with two attached hydrogens (primary N) is 1. The maximum Gasteiger partial charge on any atom is 0.318 e. The van der Waals surface area contributed by atoms with Gasteiger partial charge in [0.25, 0.3) is 0 Å². The summed E-state index contributed by atoms with van der Waals surface area (Å²) < 4.78 is 25.5. The average molecular weight is 340 g/mol. The van der Waals surface area contributed by atoms with E-state index in [9.17, 15) is 18.0 Å². The zero-order valence-corrected chi connectivity index (χ0v) is 13.6. The van der Waals surface area contributed by atoms with E-state index in [1.807, 2.05) is 16.3 Å². The summed E-state index contributed by atoms with van der Waals surface area (Å²) in [7, 11) is -3.35. The molecular weight excluding hydrogens is 320 g/mol. The molecule has 23 heavy (non-hydrogen) atoms. The number of hydrogen-bond donors (Lipinski definition) is 3. The molecular formula is C14H20N4O4S. The van der Waals surface area contributed by atoms with Gasteiger partial charge in [0.1, 0.15) is 0 Å². The molecule has 0 saturated heterocycles. The number of fused-ring (bicyclic) bond motifs is 1. The molecule has 1 heterocycles. The second-order valence-electron chi connectivity index (χ2n) is 5.43. The molecule has 4 N–H and O–H groups in total. The zero-order valence-electron chi connectivity index (χ0n) is 12.8. The number of amides is 3. The third kappa shape index (κ3) is 4.85. The van der Waals surface area contributed by atoms with Crippen LogP contribution in [0.4, 0.5) is 16.2 Å². The molecule has 1 aromatic rings. The van der Waals surface area contributed by atoms with Crippen LogP contribution in [-0.2, 0) is 21.2 Å². The first-order chi connectivity index (χ1) is 10.8. The molecule has 0 aliphatic carbocycles. The highest BCUT2D eigenvalue weighted by Gasteiger charge is 2.21. The van der Waals surface area contributed by atoms with Crippen LogP contribution in [-0.4, -0.2) is 39.7 Å². The number of carbonyl (C=O) groups is 2. The molecule has 3 amide bonds. The van der Waals surface area contributed by atoms with Crippen LogP contribution >= 0.6 is 0 Å². The van der Waals surface area contributed by atoms with E-state index in [-0.39, 0.29) is 6.42 Å². The first-order valence-corrected chi connectivity index (χ1v) is 9.09. The number of anilines is 2. The van der Waals surface area contributed by atoms with Crippen molar-refractivity contribution in [3.8, 4) is 0 Å². The summed E-state index contributed by atoms with van der Waals surface area (Å²) in [6.45, 7) is 1.19. The van der Waals surface area contributed by atoms with Crippen molar-refractivity contribution in [2.24, 2.45) is 5.73 Å². The number of sulfonamides is 1. The van der Waals surface area contributed by atoms with Gasteiger partial charge in [0.15, 0.2) is 0 Å². The summed E-state index contributed by atoms with van der Waals surface area (Å²) in [6, 6.07) is 4.53. The Hall–Kier alpha value is -2.29. The quantitative estimate of drug-likeness (QED) is 0.716. The largest absolute Gasteiger partial charge is 0.371 e. The summed E-state index contributed by atoms with van der Waals surface area (Å²) in [5.74, 6) is -0.435. The Labute approximate surface area is 135 Å². The number of nitrogens with one attached hydrogen (secondary N) is 2. The first kappa shape index (κ1) is 17.1. The van der Waals surface area contributed by atoms with Crippen molar-refractivity contribution >= 4 is 33.3 Å². The fourth-order valence-corrected chi connectivity index (χ4v) is 3.26. The molecule has 0 aromatic heterocycles. The lowest BCUT2D eigenvalue weighted by molar-refractivity contribution is -0.119. The van der Waals surface area contributed by atoms with E-state index in [0.29, 0.717) is 12.2 Å². The molecule has 8 nitrogen and oxygen atoms in total. The second-order valence-corrected chi connectivity index (χ2v) is 7.18. The van der Waals surface area contributed by atoms with Crippen molar-refractivity contribution in [1.29, 1.82) is 0 Å². The average Bonchev–Trinajstić information content (AvgIpc) is 2.43. The van der Waals surface area contributed by atoms with Gasteiger partial charge < -0.3 is 10.6 Å². The van der Waals surface area contributed by atoms with Crippen LogP contribution in [0.1, 0.15) is 18.4 Å². The van der Waals surface area contributed by atoms with Gasteiger partial charge in [-0.05, 0) is 30.5 Å². The van der Waals surface area contributed by atoms with Gasteiger partial charge in [-0.25, -0.2) is 13.2 Å². The molecule has 0 spiro atoms. The lowest BCUT2D eigenvalue weighted by Gasteiger charge is -2.32. The number of imide groups is 1. The van der Waals surface area contributed by atoms with Crippen LogP contribution in [0, 0.1) is 0 Å². The minimum absolute atomic E-state index is 0.131. The third-order valence-corrected chi connectivity index (χ3v) is 4.10. The molecule has 126 valence electrons. The minimum atomic E-state index is -3.35. The highest BCUT2D eigenvalue weighted by atomic mass is 32.2. The molecule has 1 aliphatic heterocycles. The monoisotopic (exact) mass is 340 g/mol. The molecule has 1 aromatic carbocycles. The van der Waals surface area contributed by atoms with Gasteiger partial charge in [-0.15, -0.1) is 0 Å². The number of urea groups is 1. The summed E-state index contributed by atoms with van der Waals surface area (Å²) in [6.07, 6.45) is 2.86. The van der Waals surface area contributed by atoms with Gasteiger partial charge in [-0.1, -0.05) is 6.07 Å². The Morgan fingerprint density at radius 1 is 1.35 bits per heavy atom. The van der Waals surface area contributed by atoms with Crippen molar-refractivity contribution in [3.63, 3.8) is 0 Å². The fraction of sp³-hybridized carbons (Fsp3) is 0.429. The molecule has 0 unspecified atom stereocenters. The predicted molar refractivity (Wildman–Crippen MR) is 87.8 cm³/mol. The number of benzene rings is 1. The maximum atomic E-state index is 11.5. The Bertz CT molecular complexity index is 717. The lowest BCUT2D eigenvalue weighted by atomic mass is 10.00. The molecule has 9 heteroatoms. The lowest BCUT2D eigenvalue weighted by Crippen LogP contribution is -2.38. The first-order valence-electron chi connectivity index (χ1n) is 7.20. The van der Waals surface area contributed by atoms with Crippen molar-refractivity contribution in [1.82, 2.24) is 5.32 Å². The van der Waals surface area contributed by atoms with E-state index in [4.69, 9.17) is 5.73 Å². The SMILES string of the molecule is CS(=O)(=O)Nc1cccc2c1CCCN2CCC(=O)NC(N)=O. The Morgan fingerprint density at radius 2 is 2.09 bits per heavy atom. The van der Waals surface area contributed by atoms with E-state index in [1.165, 1.54) is 0 Å². The molecule has 2 rings (SSSR count). The number of carbonyl (C=O) groups excluding carboxylic acids is 2. The number of primary amides is 1. The van der Waals surface area contributed by atoms with Crippen LogP contribution in [0.25, 0.3) is 0 Å². The summed E-state index contributed by atoms with van der Waals surface area (Å²) in [5.41, 5.74) is 7.29. The van der Waals surface area contributed by atoms with Crippen molar-refractivity contribution < 1.29 is 18.0 Å². The van der Waals surface area contributed by atoms with Crippen molar-refractivity contribution in [2.45, 2.75) is 19.3 Å². The molecule has 0 fully saturated rings. The molecule has 0 bridgehead atoms. The van der Waals surface area contributed by atoms with E-state index in [2.05, 4.69) is 4.72 Å². The second kappa shape index (κ2) is 6.86. The smallest absolute Gasteiger partial charge is 0.318 e. The van der Waals surface area contributed by atoms with Gasteiger partial charge >= 0.3 is 6.03 Å². The van der Waals surface area contributed by atoms with E-state index in [1.54, 1.807) is 12.1 Å². The van der Waals surface area contributed by atoms with Gasteiger partial charge in [0, 0.05) is 25.2 Å². The predicted octanol–water partition coefficient (Wildman–Crippen LogP) is 0.396. The Kier molecular flexibility index (Phi) is 5.09. The van der Waals surface area contributed by atoms with Crippen LogP contribution in [0.15, 0.2) is 18.2 Å². The van der Waals surface area contributed by atoms with Gasteiger partial charge in [0.05, 0.1) is 11.9 Å².